The molecule has 6 aromatic carbocycles. The van der Waals surface area contributed by atoms with Crippen molar-refractivity contribution in [2.45, 2.75) is 20.8 Å². The van der Waals surface area contributed by atoms with Crippen LogP contribution in [-0.2, 0) is 0 Å². The molecule has 258 valence electrons. The lowest BCUT2D eigenvalue weighted by Crippen LogP contribution is -2.37. The van der Waals surface area contributed by atoms with Gasteiger partial charge in [0.1, 0.15) is 34.5 Å². The minimum atomic E-state index is -3.76. The molecule has 9 nitrogen and oxygen atoms in total. The van der Waals surface area contributed by atoms with Crippen LogP contribution in [0.2, 0.25) is 0 Å². The van der Waals surface area contributed by atoms with E-state index in [1.165, 1.54) is 0 Å². The van der Waals surface area contributed by atoms with Crippen LogP contribution < -0.4 is 27.8 Å². The van der Waals surface area contributed by atoms with Crippen LogP contribution in [0.4, 0.5) is 0 Å². The van der Waals surface area contributed by atoms with Crippen LogP contribution in [0.25, 0.3) is 0 Å². The summed E-state index contributed by atoms with van der Waals surface area (Å²) in [5, 5.41) is 0. The van der Waals surface area contributed by atoms with Gasteiger partial charge in [0.15, 0.2) is 0 Å². The summed E-state index contributed by atoms with van der Waals surface area (Å²) >= 11 is 0. The molecule has 6 aromatic rings. The minimum absolute atomic E-state index is 0.520. The topological polar surface area (TPSA) is 74.2 Å². The average molecular weight is 736 g/mol. The highest BCUT2D eigenvalue weighted by atomic mass is 31.3. The SMILES string of the molecule is Cc1ccc(OP2N=P(Oc3ccc(C)cc3)(Oc3ccc(C)cc3)N(Oc3ccccc3)P(Oc3ccccc3)N2Oc2ccccc2)cc1. The second-order valence-electron chi connectivity index (χ2n) is 11.5. The monoisotopic (exact) mass is 735 g/mol. The quantitative estimate of drug-likeness (QED) is 0.115. The highest BCUT2D eigenvalue weighted by Crippen LogP contribution is 2.77. The normalized spacial score (nSPS) is 17.1. The molecule has 0 N–H and O–H groups in total. The summed E-state index contributed by atoms with van der Waals surface area (Å²) in [5.41, 5.74) is 3.25. The predicted octanol–water partition coefficient (Wildman–Crippen LogP) is 12.2. The molecule has 0 saturated carbocycles. The van der Waals surface area contributed by atoms with Gasteiger partial charge in [0.05, 0.1) is 0 Å². The van der Waals surface area contributed by atoms with Crippen LogP contribution in [0.5, 0.6) is 34.5 Å². The Morgan fingerprint density at radius 3 is 1.29 bits per heavy atom. The van der Waals surface area contributed by atoms with Crippen molar-refractivity contribution < 1.29 is 27.8 Å². The van der Waals surface area contributed by atoms with Crippen LogP contribution in [-0.4, -0.2) is 9.21 Å². The van der Waals surface area contributed by atoms with E-state index in [1.807, 2.05) is 185 Å². The van der Waals surface area contributed by atoms with Crippen molar-refractivity contribution in [1.82, 2.24) is 9.21 Å². The van der Waals surface area contributed by atoms with Crippen molar-refractivity contribution in [3.63, 3.8) is 0 Å². The maximum Gasteiger partial charge on any atom is 0.447 e. The Labute approximate surface area is 301 Å². The molecule has 0 saturated heterocycles. The number of para-hydroxylation sites is 3. The minimum Gasteiger partial charge on any atom is -0.440 e. The van der Waals surface area contributed by atoms with E-state index in [0.29, 0.717) is 34.5 Å². The molecule has 0 amide bonds. The zero-order valence-corrected chi connectivity index (χ0v) is 30.9. The van der Waals surface area contributed by atoms with E-state index >= 15 is 0 Å². The van der Waals surface area contributed by atoms with Gasteiger partial charge in [0, 0.05) is 9.21 Å². The van der Waals surface area contributed by atoms with Gasteiger partial charge in [-0.3, -0.25) is 0 Å². The molecule has 0 spiro atoms. The number of hydrogen-bond acceptors (Lipinski definition) is 9. The van der Waals surface area contributed by atoms with Gasteiger partial charge in [-0.15, -0.1) is 4.52 Å². The highest BCUT2D eigenvalue weighted by molar-refractivity contribution is 7.78. The Hall–Kier alpha value is -4.87. The largest absolute Gasteiger partial charge is 0.447 e. The number of nitrogens with zero attached hydrogens (tertiary/aromatic N) is 3. The molecule has 0 radical (unpaired) electrons. The summed E-state index contributed by atoms with van der Waals surface area (Å²) < 4.78 is 36.2. The van der Waals surface area contributed by atoms with Gasteiger partial charge in [-0.1, -0.05) is 108 Å². The Morgan fingerprint density at radius 2 is 0.824 bits per heavy atom. The molecule has 2 unspecified atom stereocenters. The summed E-state index contributed by atoms with van der Waals surface area (Å²) in [6.07, 6.45) is 0. The van der Waals surface area contributed by atoms with Gasteiger partial charge in [-0.2, -0.15) is 0 Å². The van der Waals surface area contributed by atoms with Crippen molar-refractivity contribution in [1.29, 1.82) is 0 Å². The van der Waals surface area contributed by atoms with Gasteiger partial charge in [0.2, 0.25) is 0 Å². The lowest BCUT2D eigenvalue weighted by Gasteiger charge is -2.43. The van der Waals surface area contributed by atoms with Crippen LogP contribution in [0, 0.1) is 20.8 Å². The van der Waals surface area contributed by atoms with Crippen LogP contribution >= 0.6 is 24.6 Å². The lowest BCUT2D eigenvalue weighted by molar-refractivity contribution is 0.0545. The van der Waals surface area contributed by atoms with Crippen molar-refractivity contribution in [2.75, 3.05) is 0 Å². The molecule has 0 aromatic heterocycles. The van der Waals surface area contributed by atoms with Gasteiger partial charge < -0.3 is 27.8 Å². The Kier molecular flexibility index (Phi) is 10.8. The number of rotatable bonds is 12. The first-order valence-electron chi connectivity index (χ1n) is 16.2. The third kappa shape index (κ3) is 8.72. The van der Waals surface area contributed by atoms with Crippen molar-refractivity contribution in [3.05, 3.63) is 180 Å². The predicted molar refractivity (Wildman–Crippen MR) is 203 cm³/mol. The fourth-order valence-electron chi connectivity index (χ4n) is 4.69. The molecule has 51 heavy (non-hydrogen) atoms. The zero-order chi connectivity index (χ0) is 35.0. The molecular formula is C39H36N3O6P3. The maximum atomic E-state index is 6.98. The van der Waals surface area contributed by atoms with E-state index in [0.717, 1.165) is 16.7 Å². The summed E-state index contributed by atoms with van der Waals surface area (Å²) in [5.74, 6) is 3.30. The van der Waals surface area contributed by atoms with Crippen molar-refractivity contribution in [3.8, 4) is 34.5 Å². The third-order valence-electron chi connectivity index (χ3n) is 7.33. The fourth-order valence-corrected chi connectivity index (χ4v) is 12.2. The fraction of sp³-hybridized carbons (Fsp3) is 0.0769. The standard InChI is InChI=1S/C39H36N3O6P3/c1-31-19-25-37(26-20-31)45-49-40-51(47-38-27-21-32(2)22-28-38,48-39-29-23-33(3)24-30-39)42(44-35-15-9-5-10-16-35)50(46-36-17-11-6-12-18-36)41(49)43-34-13-7-4-8-14-34/h4-30H,1-3H3. The van der Waals surface area contributed by atoms with Gasteiger partial charge >= 0.3 is 24.6 Å². The first kappa shape index (κ1) is 34.6. The van der Waals surface area contributed by atoms with Crippen LogP contribution in [0.1, 0.15) is 16.7 Å². The number of benzene rings is 6. The van der Waals surface area contributed by atoms with Crippen molar-refractivity contribution >= 4 is 24.6 Å². The molecule has 2 atom stereocenters. The van der Waals surface area contributed by atoms with E-state index in [-0.39, 0.29) is 0 Å². The smallest absolute Gasteiger partial charge is 0.440 e. The summed E-state index contributed by atoms with van der Waals surface area (Å²) in [4.78, 5) is 13.5. The van der Waals surface area contributed by atoms with E-state index in [4.69, 9.17) is 32.3 Å². The maximum absolute atomic E-state index is 6.98. The van der Waals surface area contributed by atoms with Gasteiger partial charge in [-0.25, -0.2) is 0 Å². The number of aryl methyl sites for hydroxylation is 3. The first-order valence-corrected chi connectivity index (χ1v) is 20.1. The Bertz CT molecular complexity index is 2010. The Balaban J connectivity index is 1.47. The first-order chi connectivity index (χ1) is 24.9. The van der Waals surface area contributed by atoms with E-state index in [9.17, 15) is 0 Å². The second-order valence-corrected chi connectivity index (χ2v) is 17.0. The van der Waals surface area contributed by atoms with Crippen molar-refractivity contribution in [2.24, 2.45) is 4.52 Å². The zero-order valence-electron chi connectivity index (χ0n) is 28.2. The lowest BCUT2D eigenvalue weighted by atomic mass is 10.2. The molecule has 1 aliphatic heterocycles. The Morgan fingerprint density at radius 1 is 0.431 bits per heavy atom. The van der Waals surface area contributed by atoms with Gasteiger partial charge in [-0.05, 0) is 93.6 Å². The second kappa shape index (κ2) is 16.0. The summed E-state index contributed by atoms with van der Waals surface area (Å²) in [6, 6.07) is 51.6. The highest BCUT2D eigenvalue weighted by Gasteiger charge is 2.58. The molecular weight excluding hydrogens is 699 g/mol. The summed E-state index contributed by atoms with van der Waals surface area (Å²) in [7, 11) is -7.94. The molecule has 0 bridgehead atoms. The molecule has 0 fully saturated rings. The molecule has 1 aliphatic rings. The van der Waals surface area contributed by atoms with E-state index in [1.54, 1.807) is 9.21 Å². The average Bonchev–Trinajstić information content (AvgIpc) is 3.15. The molecule has 12 heteroatoms. The third-order valence-corrected chi connectivity index (χ3v) is 14.2. The molecule has 0 aliphatic carbocycles. The summed E-state index contributed by atoms with van der Waals surface area (Å²) in [6.45, 7) is 6.07. The van der Waals surface area contributed by atoms with Gasteiger partial charge in [0.25, 0.3) is 0 Å². The number of hydrogen-bond donors (Lipinski definition) is 0. The van der Waals surface area contributed by atoms with E-state index < -0.39 is 24.6 Å². The van der Waals surface area contributed by atoms with Crippen LogP contribution in [0.3, 0.4) is 0 Å². The van der Waals surface area contributed by atoms with Crippen LogP contribution in [0.15, 0.2) is 168 Å². The molecule has 7 rings (SSSR count). The molecule has 1 heterocycles. The van der Waals surface area contributed by atoms with E-state index in [2.05, 4.69) is 0 Å².